The number of rotatable bonds is 5. The number of carbonyl (C=O) groups excluding carboxylic acids is 2. The number of carbonyl (C=O) groups is 2. The monoisotopic (exact) mass is 476 g/mol. The van der Waals surface area contributed by atoms with E-state index >= 15 is 0 Å². The number of hydrogen-bond acceptors (Lipinski definition) is 4. The second-order valence-electron chi connectivity index (χ2n) is 6.29. The van der Waals surface area contributed by atoms with Crippen LogP contribution in [0, 0.1) is 0 Å². The van der Waals surface area contributed by atoms with Gasteiger partial charge in [0.2, 0.25) is 17.0 Å². The van der Waals surface area contributed by atoms with Crippen molar-refractivity contribution in [3.8, 4) is 0 Å². The van der Waals surface area contributed by atoms with Crippen LogP contribution in [0.2, 0.25) is 0 Å². The molecule has 0 heterocycles. The molecule has 7 heteroatoms. The van der Waals surface area contributed by atoms with Crippen molar-refractivity contribution >= 4 is 54.0 Å². The van der Waals surface area contributed by atoms with Crippen LogP contribution in [-0.2, 0) is 18.6 Å². The summed E-state index contributed by atoms with van der Waals surface area (Å²) in [5.74, 6) is -0.386. The van der Waals surface area contributed by atoms with Crippen LogP contribution < -0.4 is 15.9 Å². The summed E-state index contributed by atoms with van der Waals surface area (Å²) >= 11 is 0. The molecule has 0 fully saturated rings. The lowest BCUT2D eigenvalue weighted by atomic mass is 10.4. The van der Waals surface area contributed by atoms with Gasteiger partial charge in [0.1, 0.15) is 10.6 Å². The second-order valence-corrected chi connectivity index (χ2v) is 10.4. The van der Waals surface area contributed by atoms with Crippen LogP contribution in [0.25, 0.3) is 0 Å². The van der Waals surface area contributed by atoms with Gasteiger partial charge in [0.05, 0.1) is 6.16 Å². The van der Waals surface area contributed by atoms with Gasteiger partial charge in [-0.3, -0.25) is 0 Å². The largest absolute Gasteiger partial charge is 0.347 e. The Hall–Kier alpha value is -2.11. The van der Waals surface area contributed by atoms with Crippen LogP contribution in [0.1, 0.15) is 20.8 Å². The van der Waals surface area contributed by atoms with Gasteiger partial charge in [-0.1, -0.05) is 66.7 Å². The molecule has 0 aromatic heterocycles. The normalized spacial score (nSPS) is 10.7. The molecule has 4 nitrogen and oxygen atoms in total. The quantitative estimate of drug-likeness (QED) is 0.512. The molecular formula is C24H31O4P3+2. The zero-order valence-corrected chi connectivity index (χ0v) is 21.5. The summed E-state index contributed by atoms with van der Waals surface area (Å²) in [6.07, 6.45) is 0.911. The summed E-state index contributed by atoms with van der Waals surface area (Å²) in [6, 6.07) is 29.8. The van der Waals surface area contributed by atoms with Crippen LogP contribution in [0.3, 0.4) is 0 Å². The highest BCUT2D eigenvalue weighted by Gasteiger charge is 2.20. The van der Waals surface area contributed by atoms with E-state index in [4.69, 9.17) is 9.05 Å². The van der Waals surface area contributed by atoms with Gasteiger partial charge in [0, 0.05) is 13.8 Å². The maximum absolute atomic E-state index is 10.8. The highest BCUT2D eigenvalue weighted by molar-refractivity contribution is 7.61. The first-order valence-electron chi connectivity index (χ1n) is 9.88. The Morgan fingerprint density at radius 3 is 1.68 bits per heavy atom. The van der Waals surface area contributed by atoms with E-state index in [0.29, 0.717) is 0 Å². The molecule has 0 aliphatic heterocycles. The van der Waals surface area contributed by atoms with Gasteiger partial charge in [-0.15, -0.1) is 9.24 Å². The Bertz CT molecular complexity index is 875. The molecule has 0 radical (unpaired) electrons. The third-order valence-corrected chi connectivity index (χ3v) is 7.29. The molecule has 3 rings (SSSR count). The van der Waals surface area contributed by atoms with Crippen molar-refractivity contribution in [2.45, 2.75) is 20.8 Å². The minimum atomic E-state index is -1.11. The van der Waals surface area contributed by atoms with Crippen LogP contribution in [-0.4, -0.2) is 18.1 Å². The topological polar surface area (TPSA) is 52.6 Å². The Labute approximate surface area is 190 Å². The van der Waals surface area contributed by atoms with E-state index in [1.54, 1.807) is 0 Å². The lowest BCUT2D eigenvalue weighted by molar-refractivity contribution is -0.132. The van der Waals surface area contributed by atoms with E-state index in [0.717, 1.165) is 16.8 Å². The first-order valence-corrected chi connectivity index (χ1v) is 13.1. The van der Waals surface area contributed by atoms with Crippen molar-refractivity contribution in [1.29, 1.82) is 0 Å². The third kappa shape index (κ3) is 13.7. The van der Waals surface area contributed by atoms with Gasteiger partial charge in [-0.2, -0.15) is 0 Å². The predicted molar refractivity (Wildman–Crippen MR) is 140 cm³/mol. The average Bonchev–Trinajstić information content (AvgIpc) is 2.78. The van der Waals surface area contributed by atoms with E-state index in [1.165, 1.54) is 19.2 Å². The molecule has 0 saturated heterocycles. The molecule has 0 bridgehead atoms. The molecule has 0 spiro atoms. The second kappa shape index (κ2) is 16.6. The van der Waals surface area contributed by atoms with Crippen LogP contribution in [0.15, 0.2) is 91.0 Å². The minimum Gasteiger partial charge on any atom is -0.313 e. The number of hydrogen-bond donors (Lipinski definition) is 0. The Kier molecular flexibility index (Phi) is 14.4. The maximum Gasteiger partial charge on any atom is 0.347 e. The Morgan fingerprint density at radius 1 is 0.806 bits per heavy atom. The lowest BCUT2D eigenvalue weighted by Gasteiger charge is -2.05. The molecule has 0 amide bonds. The average molecular weight is 476 g/mol. The fourth-order valence-electron chi connectivity index (χ4n) is 2.27. The molecule has 3 aromatic rings. The zero-order valence-electron chi connectivity index (χ0n) is 18.2. The van der Waals surface area contributed by atoms with Gasteiger partial charge in [0.25, 0.3) is 0 Å². The van der Waals surface area contributed by atoms with Gasteiger partial charge in [-0.05, 0) is 36.5 Å². The lowest BCUT2D eigenvalue weighted by Crippen LogP contribution is -2.06. The summed E-state index contributed by atoms with van der Waals surface area (Å²) in [6.45, 7) is 4.93. The first-order chi connectivity index (χ1) is 14.9. The standard InChI is InChI=1S/C10H13O2P.C8H9O2P.C6H7P/c1-3-13(12-9(2)11)10-7-5-4-6-8-10;1-7(9)10-11-8-5-3-2-4-6-8;7-6-4-2-1-3-5-6/h4-8H,3H2,1-2H3;2-6,11H,1H3;1-5H,7H2/p+2. The van der Waals surface area contributed by atoms with Crippen molar-refractivity contribution in [1.82, 2.24) is 0 Å². The summed E-state index contributed by atoms with van der Waals surface area (Å²) in [7, 11) is 1.18. The molecule has 0 aliphatic carbocycles. The highest BCUT2D eigenvalue weighted by atomic mass is 31.1. The summed E-state index contributed by atoms with van der Waals surface area (Å²) < 4.78 is 10.1. The SMILES string of the molecule is CC(=O)O[PH2+]c1ccccc1.CC[PH+](OC(C)=O)c1ccccc1.Pc1ccccc1. The van der Waals surface area contributed by atoms with Gasteiger partial charge in [0.15, 0.2) is 0 Å². The Morgan fingerprint density at radius 2 is 1.29 bits per heavy atom. The molecule has 164 valence electrons. The van der Waals surface area contributed by atoms with Crippen LogP contribution in [0.4, 0.5) is 0 Å². The molecule has 31 heavy (non-hydrogen) atoms. The van der Waals surface area contributed by atoms with Crippen molar-refractivity contribution in [2.75, 3.05) is 6.16 Å². The Balaban J connectivity index is 0.000000242. The van der Waals surface area contributed by atoms with Gasteiger partial charge >= 0.3 is 11.9 Å². The van der Waals surface area contributed by atoms with E-state index in [1.807, 2.05) is 97.9 Å². The van der Waals surface area contributed by atoms with Crippen molar-refractivity contribution in [3.63, 3.8) is 0 Å². The highest BCUT2D eigenvalue weighted by Crippen LogP contribution is 2.34. The first kappa shape index (κ1) is 26.9. The maximum atomic E-state index is 10.8. The fraction of sp³-hybridized carbons (Fsp3) is 0.167. The van der Waals surface area contributed by atoms with Crippen molar-refractivity contribution < 1.29 is 18.6 Å². The summed E-state index contributed by atoms with van der Waals surface area (Å²) in [5.41, 5.74) is 0. The van der Waals surface area contributed by atoms with E-state index in [9.17, 15) is 9.59 Å². The smallest absolute Gasteiger partial charge is 0.313 e. The summed E-state index contributed by atoms with van der Waals surface area (Å²) in [5, 5.41) is 3.50. The zero-order chi connectivity index (χ0) is 22.9. The van der Waals surface area contributed by atoms with Crippen molar-refractivity contribution in [3.05, 3.63) is 91.0 Å². The molecule has 3 atom stereocenters. The van der Waals surface area contributed by atoms with Gasteiger partial charge < -0.3 is 9.05 Å². The number of benzene rings is 3. The fourth-order valence-corrected chi connectivity index (χ4v) is 4.75. The van der Waals surface area contributed by atoms with E-state index < -0.39 is 8.15 Å². The van der Waals surface area contributed by atoms with Gasteiger partial charge in [-0.25, -0.2) is 9.59 Å². The van der Waals surface area contributed by atoms with E-state index in [-0.39, 0.29) is 20.7 Å². The molecule has 0 aliphatic rings. The molecule has 0 saturated carbocycles. The third-order valence-electron chi connectivity index (χ3n) is 3.64. The molecule has 0 N–H and O–H groups in total. The van der Waals surface area contributed by atoms with Crippen molar-refractivity contribution in [2.24, 2.45) is 0 Å². The molecule has 3 unspecified atom stereocenters. The minimum absolute atomic E-state index is 0.181. The predicted octanol–water partition coefficient (Wildman–Crippen LogP) is 4.41. The van der Waals surface area contributed by atoms with Crippen LogP contribution >= 0.6 is 26.2 Å². The molecule has 3 aromatic carbocycles. The van der Waals surface area contributed by atoms with Crippen LogP contribution in [0.5, 0.6) is 0 Å². The van der Waals surface area contributed by atoms with E-state index in [2.05, 4.69) is 9.24 Å². The summed E-state index contributed by atoms with van der Waals surface area (Å²) in [4.78, 5) is 21.2. The molecular weight excluding hydrogens is 445 g/mol.